The molecule has 180 valence electrons. The van der Waals surface area contributed by atoms with E-state index in [9.17, 15) is 22.8 Å². The monoisotopic (exact) mass is 479 g/mol. The number of alkyl halides is 3. The van der Waals surface area contributed by atoms with Gasteiger partial charge in [-0.25, -0.2) is 0 Å². The van der Waals surface area contributed by atoms with Crippen LogP contribution in [0.5, 0.6) is 0 Å². The van der Waals surface area contributed by atoms with E-state index in [2.05, 4.69) is 11.9 Å². The number of nitrogens with one attached hydrogen (secondary N) is 1. The number of benzene rings is 3. The summed E-state index contributed by atoms with van der Waals surface area (Å²) in [6, 6.07) is 17.6. The molecule has 0 saturated carbocycles. The number of carbonyl (C=O) groups excluding carboxylic acids is 2. The van der Waals surface area contributed by atoms with E-state index < -0.39 is 11.7 Å². The van der Waals surface area contributed by atoms with Crippen LogP contribution in [-0.2, 0) is 23.9 Å². The van der Waals surface area contributed by atoms with Gasteiger partial charge in [0, 0.05) is 42.8 Å². The molecule has 0 aliphatic carbocycles. The Morgan fingerprint density at radius 3 is 2.34 bits per heavy atom. The maximum Gasteiger partial charge on any atom is 0.416 e. The van der Waals surface area contributed by atoms with Gasteiger partial charge in [-0.05, 0) is 78.2 Å². The lowest BCUT2D eigenvalue weighted by atomic mass is 9.96. The predicted molar refractivity (Wildman–Crippen MR) is 130 cm³/mol. The lowest BCUT2D eigenvalue weighted by Crippen LogP contribution is -2.36. The third-order valence-electron chi connectivity index (χ3n) is 6.06. The second-order valence-electron chi connectivity index (χ2n) is 8.27. The zero-order valence-corrected chi connectivity index (χ0v) is 19.1. The molecule has 0 fully saturated rings. The minimum atomic E-state index is -4.38. The van der Waals surface area contributed by atoms with Crippen LogP contribution in [-0.4, -0.2) is 30.3 Å². The van der Waals surface area contributed by atoms with Gasteiger partial charge in [0.25, 0.3) is 5.91 Å². The summed E-state index contributed by atoms with van der Waals surface area (Å²) in [5.41, 5.74) is 4.02. The van der Waals surface area contributed by atoms with Crippen LogP contribution in [0.3, 0.4) is 0 Å². The van der Waals surface area contributed by atoms with E-state index in [4.69, 9.17) is 0 Å². The molecule has 0 atom stereocenters. The maximum atomic E-state index is 13.1. The first-order valence-corrected chi connectivity index (χ1v) is 11.0. The summed E-state index contributed by atoms with van der Waals surface area (Å²) in [6.45, 7) is 4.35. The van der Waals surface area contributed by atoms with Crippen molar-refractivity contribution in [3.05, 3.63) is 102 Å². The highest BCUT2D eigenvalue weighted by molar-refractivity contribution is 5.99. The smallest absolute Gasteiger partial charge is 0.344 e. The quantitative estimate of drug-likeness (QED) is 0.471. The van der Waals surface area contributed by atoms with Crippen LogP contribution in [0.4, 0.5) is 30.2 Å². The highest BCUT2D eigenvalue weighted by atomic mass is 19.4. The molecule has 35 heavy (non-hydrogen) atoms. The number of hydrogen-bond acceptors (Lipinski definition) is 3. The minimum absolute atomic E-state index is 0.112. The summed E-state index contributed by atoms with van der Waals surface area (Å²) >= 11 is 0. The first-order valence-electron chi connectivity index (χ1n) is 11.0. The number of amides is 2. The number of rotatable bonds is 5. The average molecular weight is 480 g/mol. The van der Waals surface area contributed by atoms with Gasteiger partial charge in [-0.15, -0.1) is 0 Å². The molecule has 1 aliphatic heterocycles. The zero-order valence-electron chi connectivity index (χ0n) is 19.1. The third kappa shape index (κ3) is 5.21. The summed E-state index contributed by atoms with van der Waals surface area (Å²) in [5.74, 6) is -0.437. The molecule has 0 spiro atoms. The van der Waals surface area contributed by atoms with E-state index in [1.807, 2.05) is 30.1 Å². The number of fused-ring (bicyclic) bond motifs is 1. The molecule has 0 radical (unpaired) electrons. The van der Waals surface area contributed by atoms with Crippen LogP contribution in [0, 0.1) is 0 Å². The average Bonchev–Trinajstić information content (AvgIpc) is 2.87. The Bertz CT molecular complexity index is 1250. The fourth-order valence-electron chi connectivity index (χ4n) is 4.16. The largest absolute Gasteiger partial charge is 0.416 e. The second-order valence-corrected chi connectivity index (χ2v) is 8.27. The first-order chi connectivity index (χ1) is 16.7. The van der Waals surface area contributed by atoms with Gasteiger partial charge in [-0.1, -0.05) is 18.7 Å². The van der Waals surface area contributed by atoms with E-state index in [1.165, 1.54) is 18.2 Å². The lowest BCUT2D eigenvalue weighted by Gasteiger charge is -2.32. The molecule has 3 aromatic rings. The number of anilines is 3. The van der Waals surface area contributed by atoms with Crippen LogP contribution in [0.1, 0.15) is 27.0 Å². The molecule has 0 unspecified atom stereocenters. The number of nitrogens with zero attached hydrogens (tertiary/aromatic N) is 2. The molecular formula is C27H24F3N3O2. The van der Waals surface area contributed by atoms with Gasteiger partial charge >= 0.3 is 6.18 Å². The van der Waals surface area contributed by atoms with Crippen LogP contribution in [0.2, 0.25) is 0 Å². The van der Waals surface area contributed by atoms with Gasteiger partial charge in [-0.2, -0.15) is 13.2 Å². The van der Waals surface area contributed by atoms with Crippen LogP contribution in [0.25, 0.3) is 0 Å². The van der Waals surface area contributed by atoms with E-state index >= 15 is 0 Å². The lowest BCUT2D eigenvalue weighted by molar-refractivity contribution is -0.137. The van der Waals surface area contributed by atoms with Crippen LogP contribution in [0.15, 0.2) is 79.4 Å². The van der Waals surface area contributed by atoms with Crippen molar-refractivity contribution < 1.29 is 22.8 Å². The van der Waals surface area contributed by atoms with Gasteiger partial charge in [0.05, 0.1) is 5.56 Å². The maximum absolute atomic E-state index is 13.1. The molecule has 8 heteroatoms. The highest BCUT2D eigenvalue weighted by Crippen LogP contribution is 2.35. The normalized spacial score (nSPS) is 13.1. The van der Waals surface area contributed by atoms with Crippen molar-refractivity contribution in [2.24, 2.45) is 0 Å². The van der Waals surface area contributed by atoms with E-state index in [0.29, 0.717) is 36.4 Å². The first kappa shape index (κ1) is 24.1. The topological polar surface area (TPSA) is 52.7 Å². The van der Waals surface area contributed by atoms with Crippen molar-refractivity contribution in [3.63, 3.8) is 0 Å². The Kier molecular flexibility index (Phi) is 6.64. The summed E-state index contributed by atoms with van der Waals surface area (Å²) in [6.07, 6.45) is -2.58. The summed E-state index contributed by atoms with van der Waals surface area (Å²) in [7, 11) is 1.82. The SMILES string of the molecule is C=CC(=O)Nc1ccc(C(=O)N2CCc3c(cccc3N(C)c3ccc(C(F)(F)F)cc3)C2)cc1. The van der Waals surface area contributed by atoms with Crippen molar-refractivity contribution in [3.8, 4) is 0 Å². The summed E-state index contributed by atoms with van der Waals surface area (Å²) < 4.78 is 38.7. The molecular weight excluding hydrogens is 455 g/mol. The Hall–Kier alpha value is -4.07. The minimum Gasteiger partial charge on any atom is -0.344 e. The number of halogens is 3. The van der Waals surface area contributed by atoms with Gasteiger partial charge in [0.2, 0.25) is 5.91 Å². The number of hydrogen-bond donors (Lipinski definition) is 1. The van der Waals surface area contributed by atoms with E-state index in [0.717, 1.165) is 28.9 Å². The van der Waals surface area contributed by atoms with Crippen molar-refractivity contribution in [1.82, 2.24) is 4.90 Å². The van der Waals surface area contributed by atoms with Crippen molar-refractivity contribution in [2.75, 3.05) is 23.8 Å². The Morgan fingerprint density at radius 1 is 1.03 bits per heavy atom. The summed E-state index contributed by atoms with van der Waals surface area (Å²) in [4.78, 5) is 28.1. The molecule has 0 saturated heterocycles. The fourth-order valence-corrected chi connectivity index (χ4v) is 4.16. The van der Waals surface area contributed by atoms with Crippen LogP contribution >= 0.6 is 0 Å². The van der Waals surface area contributed by atoms with Gasteiger partial charge in [0.1, 0.15) is 0 Å². The van der Waals surface area contributed by atoms with Crippen LogP contribution < -0.4 is 10.2 Å². The molecule has 0 bridgehead atoms. The zero-order chi connectivity index (χ0) is 25.2. The van der Waals surface area contributed by atoms with E-state index in [1.54, 1.807) is 29.2 Å². The fraction of sp³-hybridized carbons (Fsp3) is 0.185. The van der Waals surface area contributed by atoms with Crippen molar-refractivity contribution in [2.45, 2.75) is 19.1 Å². The summed E-state index contributed by atoms with van der Waals surface area (Å²) in [5, 5.41) is 2.65. The van der Waals surface area contributed by atoms with Gasteiger partial charge in [-0.3, -0.25) is 9.59 Å². The molecule has 1 N–H and O–H groups in total. The Labute approximate surface area is 201 Å². The molecule has 5 nitrogen and oxygen atoms in total. The van der Waals surface area contributed by atoms with Gasteiger partial charge < -0.3 is 15.1 Å². The Balaban J connectivity index is 1.50. The second kappa shape index (κ2) is 9.66. The van der Waals surface area contributed by atoms with E-state index in [-0.39, 0.29) is 11.8 Å². The Morgan fingerprint density at radius 2 is 1.71 bits per heavy atom. The third-order valence-corrected chi connectivity index (χ3v) is 6.06. The molecule has 4 rings (SSSR count). The molecule has 2 amide bonds. The predicted octanol–water partition coefficient (Wildman–Crippen LogP) is 5.80. The van der Waals surface area contributed by atoms with Gasteiger partial charge in [0.15, 0.2) is 0 Å². The molecule has 0 aromatic heterocycles. The highest BCUT2D eigenvalue weighted by Gasteiger charge is 2.30. The molecule has 1 heterocycles. The number of carbonyl (C=O) groups is 2. The van der Waals surface area contributed by atoms with Crippen molar-refractivity contribution >= 4 is 28.9 Å². The molecule has 1 aliphatic rings. The van der Waals surface area contributed by atoms with Crippen molar-refractivity contribution in [1.29, 1.82) is 0 Å². The molecule has 3 aromatic carbocycles. The standard InChI is InChI=1S/C27H24F3N3O2/c1-3-25(34)31-21-11-7-18(8-12-21)26(35)33-16-15-23-19(17-33)5-4-6-24(23)32(2)22-13-9-20(10-14-22)27(28,29)30/h3-14H,1,15-17H2,2H3,(H,31,34).